The third kappa shape index (κ3) is 8.14. The molecule has 15 heavy (non-hydrogen) atoms. The Hall–Kier alpha value is 0.300. The predicted octanol–water partition coefficient (Wildman–Crippen LogP) is -0.682. The highest BCUT2D eigenvalue weighted by Gasteiger charge is 2.21. The van der Waals surface area contributed by atoms with E-state index in [1.54, 1.807) is 0 Å². The Morgan fingerprint density at radius 3 is 2.20 bits per heavy atom. The monoisotopic (exact) mass is 323 g/mol. The summed E-state index contributed by atoms with van der Waals surface area (Å²) in [5.41, 5.74) is 0. The van der Waals surface area contributed by atoms with Gasteiger partial charge in [-0.25, -0.2) is 21.6 Å². The minimum Gasteiger partial charge on any atom is -0.383 e. The molecule has 0 aliphatic carbocycles. The van der Waals surface area contributed by atoms with Gasteiger partial charge in [0.15, 0.2) is 14.9 Å². The molecule has 0 fully saturated rings. The first-order valence-electron chi connectivity index (χ1n) is 3.93. The Balaban J connectivity index is 4.49. The van der Waals surface area contributed by atoms with Crippen LogP contribution in [0, 0.1) is 0 Å². The van der Waals surface area contributed by atoms with Gasteiger partial charge in [-0.2, -0.15) is 0 Å². The normalized spacial score (nSPS) is 15.1. The first-order valence-corrected chi connectivity index (χ1v) is 8.76. The topological polar surface area (TPSA) is 89.5 Å². The molecular weight excluding hydrogens is 310 g/mol. The van der Waals surface area contributed by atoms with E-state index in [9.17, 15) is 16.8 Å². The number of nitrogens with one attached hydrogen (secondary N) is 1. The molecule has 0 aliphatic heterocycles. The van der Waals surface area contributed by atoms with Gasteiger partial charge in [-0.15, -0.1) is 0 Å². The van der Waals surface area contributed by atoms with Crippen molar-refractivity contribution in [3.05, 3.63) is 0 Å². The van der Waals surface area contributed by atoms with Crippen molar-refractivity contribution in [3.8, 4) is 0 Å². The van der Waals surface area contributed by atoms with Gasteiger partial charge in [0.2, 0.25) is 10.0 Å². The fraction of sp³-hybridized carbons (Fsp3) is 1.00. The molecule has 0 bridgehead atoms. The van der Waals surface area contributed by atoms with Gasteiger partial charge in [-0.05, 0) is 0 Å². The van der Waals surface area contributed by atoms with Crippen LogP contribution in [0.4, 0.5) is 0 Å². The van der Waals surface area contributed by atoms with E-state index in [0.717, 1.165) is 6.26 Å². The number of ether oxygens (including phenoxy) is 1. The van der Waals surface area contributed by atoms with E-state index in [-0.39, 0.29) is 6.61 Å². The summed E-state index contributed by atoms with van der Waals surface area (Å²) in [4.78, 5) is 0. The molecule has 0 radical (unpaired) electrons. The molecule has 0 aromatic carbocycles. The molecule has 0 heterocycles. The fourth-order valence-corrected chi connectivity index (χ4v) is 4.63. The van der Waals surface area contributed by atoms with E-state index < -0.39 is 31.0 Å². The van der Waals surface area contributed by atoms with Gasteiger partial charge in [0, 0.05) is 18.7 Å². The zero-order valence-corrected chi connectivity index (χ0v) is 11.7. The average Bonchev–Trinajstić information content (AvgIpc) is 1.98. The Morgan fingerprint density at radius 1 is 1.33 bits per heavy atom. The molecule has 1 atom stereocenters. The van der Waals surface area contributed by atoms with Crippen LogP contribution in [0.3, 0.4) is 0 Å². The lowest BCUT2D eigenvalue weighted by Gasteiger charge is -2.14. The van der Waals surface area contributed by atoms with Crippen LogP contribution >= 0.6 is 15.9 Å². The van der Waals surface area contributed by atoms with Gasteiger partial charge >= 0.3 is 0 Å². The second kappa shape index (κ2) is 6.14. The second-order valence-corrected chi connectivity index (χ2v) is 7.99. The van der Waals surface area contributed by atoms with Crippen molar-refractivity contribution in [1.82, 2.24) is 4.72 Å². The van der Waals surface area contributed by atoms with Crippen molar-refractivity contribution in [2.45, 2.75) is 6.04 Å². The molecule has 9 heteroatoms. The first-order chi connectivity index (χ1) is 6.70. The molecule has 0 aliphatic rings. The zero-order chi connectivity index (χ0) is 12.1. The third-order valence-corrected chi connectivity index (χ3v) is 5.70. The Labute approximate surface area is 98.5 Å². The largest absolute Gasteiger partial charge is 0.383 e. The SMILES string of the molecule is COCC(CBr)NS(=O)(=O)CS(C)(=O)=O. The van der Waals surface area contributed by atoms with Gasteiger partial charge in [0.25, 0.3) is 0 Å². The summed E-state index contributed by atoms with van der Waals surface area (Å²) in [5, 5.41) is -0.558. The van der Waals surface area contributed by atoms with Crippen LogP contribution < -0.4 is 4.72 Å². The van der Waals surface area contributed by atoms with Crippen LogP contribution in [-0.4, -0.2) is 53.3 Å². The van der Waals surface area contributed by atoms with E-state index >= 15 is 0 Å². The van der Waals surface area contributed by atoms with Crippen molar-refractivity contribution < 1.29 is 21.6 Å². The third-order valence-electron chi connectivity index (χ3n) is 1.27. The number of sulfone groups is 1. The van der Waals surface area contributed by atoms with Gasteiger partial charge in [0.05, 0.1) is 12.6 Å². The second-order valence-electron chi connectivity index (χ2n) is 3.08. The van der Waals surface area contributed by atoms with Gasteiger partial charge in [-0.3, -0.25) is 0 Å². The van der Waals surface area contributed by atoms with Gasteiger partial charge in [0.1, 0.15) is 0 Å². The number of halogens is 1. The van der Waals surface area contributed by atoms with Gasteiger partial charge in [-0.1, -0.05) is 15.9 Å². The Bertz CT molecular complexity index is 376. The van der Waals surface area contributed by atoms with Crippen molar-refractivity contribution >= 4 is 35.8 Å². The molecule has 0 spiro atoms. The van der Waals surface area contributed by atoms with Crippen LogP contribution in [0.15, 0.2) is 0 Å². The molecule has 0 aromatic heterocycles. The molecule has 0 aromatic rings. The van der Waals surface area contributed by atoms with Crippen LogP contribution in [0.25, 0.3) is 0 Å². The molecule has 0 saturated carbocycles. The van der Waals surface area contributed by atoms with Crippen LogP contribution in [0.5, 0.6) is 0 Å². The van der Waals surface area contributed by atoms with E-state index in [0.29, 0.717) is 5.33 Å². The number of rotatable bonds is 7. The Kier molecular flexibility index (Phi) is 6.26. The highest BCUT2D eigenvalue weighted by Crippen LogP contribution is 1.98. The minimum absolute atomic E-state index is 0.175. The van der Waals surface area contributed by atoms with Crippen molar-refractivity contribution in [2.24, 2.45) is 0 Å². The highest BCUT2D eigenvalue weighted by molar-refractivity contribution is 9.09. The van der Waals surface area contributed by atoms with E-state index in [1.165, 1.54) is 7.11 Å². The van der Waals surface area contributed by atoms with E-state index in [4.69, 9.17) is 4.74 Å². The van der Waals surface area contributed by atoms with Crippen LogP contribution in [0.1, 0.15) is 0 Å². The summed E-state index contributed by atoms with van der Waals surface area (Å²) in [7, 11) is -5.95. The lowest BCUT2D eigenvalue weighted by atomic mass is 10.4. The summed E-state index contributed by atoms with van der Waals surface area (Å²) in [6, 6.07) is -0.471. The number of hydrogen-bond donors (Lipinski definition) is 1. The lowest BCUT2D eigenvalue weighted by molar-refractivity contribution is 0.182. The number of alkyl halides is 1. The van der Waals surface area contributed by atoms with Gasteiger partial charge < -0.3 is 4.74 Å². The minimum atomic E-state index is -3.82. The molecule has 0 rings (SSSR count). The van der Waals surface area contributed by atoms with Crippen molar-refractivity contribution in [2.75, 3.05) is 30.4 Å². The van der Waals surface area contributed by atoms with Crippen molar-refractivity contribution in [3.63, 3.8) is 0 Å². The van der Waals surface area contributed by atoms with Crippen LogP contribution in [0.2, 0.25) is 0 Å². The smallest absolute Gasteiger partial charge is 0.226 e. The predicted molar refractivity (Wildman–Crippen MR) is 61.2 cm³/mol. The zero-order valence-electron chi connectivity index (χ0n) is 8.43. The van der Waals surface area contributed by atoms with Crippen LogP contribution in [-0.2, 0) is 24.6 Å². The maximum atomic E-state index is 11.3. The molecule has 0 saturated heterocycles. The molecule has 92 valence electrons. The molecular formula is C6H14BrNO5S2. The quantitative estimate of drug-likeness (QED) is 0.627. The standard InChI is InChI=1S/C6H14BrNO5S2/c1-13-4-6(3-7)8-15(11,12)5-14(2,9)10/h6,8H,3-5H2,1-2H3. The maximum Gasteiger partial charge on any atom is 0.226 e. The van der Waals surface area contributed by atoms with Crippen molar-refractivity contribution in [1.29, 1.82) is 0 Å². The molecule has 1 N–H and O–H groups in total. The summed E-state index contributed by atoms with van der Waals surface area (Å²) in [6.07, 6.45) is 0.867. The summed E-state index contributed by atoms with van der Waals surface area (Å²) >= 11 is 3.09. The summed E-state index contributed by atoms with van der Waals surface area (Å²) < 4.78 is 51.3. The fourth-order valence-electron chi connectivity index (χ4n) is 0.881. The van der Waals surface area contributed by atoms with E-state index in [2.05, 4.69) is 20.7 Å². The lowest BCUT2D eigenvalue weighted by Crippen LogP contribution is -2.41. The average molecular weight is 324 g/mol. The molecule has 0 amide bonds. The first kappa shape index (κ1) is 15.3. The number of hydrogen-bond acceptors (Lipinski definition) is 5. The molecule has 1 unspecified atom stereocenters. The summed E-state index contributed by atoms with van der Waals surface area (Å²) in [6.45, 7) is 0.175. The van der Waals surface area contributed by atoms with E-state index in [1.807, 2.05) is 0 Å². The Morgan fingerprint density at radius 2 is 1.87 bits per heavy atom. The maximum absolute atomic E-state index is 11.3. The molecule has 6 nitrogen and oxygen atoms in total. The number of sulfonamides is 1. The highest BCUT2D eigenvalue weighted by atomic mass is 79.9. The number of methoxy groups -OCH3 is 1. The summed E-state index contributed by atoms with van der Waals surface area (Å²) in [5.74, 6) is 0.